The van der Waals surface area contributed by atoms with Gasteiger partial charge in [-0.25, -0.2) is 0 Å². The van der Waals surface area contributed by atoms with Gasteiger partial charge in [0.2, 0.25) is 0 Å². The van der Waals surface area contributed by atoms with Gasteiger partial charge < -0.3 is 5.32 Å². The van der Waals surface area contributed by atoms with Crippen LogP contribution in [0.3, 0.4) is 0 Å². The molecule has 0 aliphatic carbocycles. The lowest BCUT2D eigenvalue weighted by Crippen LogP contribution is -2.17. The number of pyridine rings is 1. The summed E-state index contributed by atoms with van der Waals surface area (Å²) in [7, 11) is 2.03. The van der Waals surface area contributed by atoms with E-state index in [-0.39, 0.29) is 0 Å². The van der Waals surface area contributed by atoms with Gasteiger partial charge in [0.25, 0.3) is 0 Å². The van der Waals surface area contributed by atoms with Gasteiger partial charge in [-0.15, -0.1) is 0 Å². The molecule has 0 aliphatic rings. The predicted molar refractivity (Wildman–Crippen MR) is 80.2 cm³/mol. The van der Waals surface area contributed by atoms with Crippen molar-refractivity contribution in [3.63, 3.8) is 0 Å². The molecule has 100 valence electrons. The van der Waals surface area contributed by atoms with Crippen molar-refractivity contribution in [3.8, 4) is 0 Å². The highest BCUT2D eigenvalue weighted by Crippen LogP contribution is 2.21. The standard InChI is InChI=1S/C17H22N2/c1-14-13-19-12-11-16(14)17(18-2)10-6-9-15-7-4-3-5-8-15/h3-5,7-8,11-13,17-18H,6,9-10H2,1-2H3. The van der Waals surface area contributed by atoms with Crippen LogP contribution in [0, 0.1) is 6.92 Å². The minimum atomic E-state index is 0.423. The zero-order chi connectivity index (χ0) is 13.5. The Hall–Kier alpha value is -1.67. The minimum Gasteiger partial charge on any atom is -0.313 e. The highest BCUT2D eigenvalue weighted by molar-refractivity contribution is 5.25. The molecule has 2 aromatic rings. The van der Waals surface area contributed by atoms with Crippen molar-refractivity contribution in [2.75, 3.05) is 7.05 Å². The second kappa shape index (κ2) is 7.05. The van der Waals surface area contributed by atoms with E-state index in [1.54, 1.807) is 0 Å². The van der Waals surface area contributed by atoms with Crippen LogP contribution in [0.15, 0.2) is 48.8 Å². The maximum absolute atomic E-state index is 4.16. The molecule has 0 saturated heterocycles. The van der Waals surface area contributed by atoms with Crippen molar-refractivity contribution in [1.29, 1.82) is 0 Å². The molecule has 2 heteroatoms. The largest absolute Gasteiger partial charge is 0.313 e. The molecule has 1 N–H and O–H groups in total. The summed E-state index contributed by atoms with van der Waals surface area (Å²) in [4.78, 5) is 4.16. The first kappa shape index (κ1) is 13.8. The van der Waals surface area contributed by atoms with E-state index in [9.17, 15) is 0 Å². The number of hydrogen-bond donors (Lipinski definition) is 1. The van der Waals surface area contributed by atoms with E-state index in [2.05, 4.69) is 53.6 Å². The number of hydrogen-bond acceptors (Lipinski definition) is 2. The molecule has 1 aromatic heterocycles. The smallest absolute Gasteiger partial charge is 0.0321 e. The molecule has 1 aromatic carbocycles. The van der Waals surface area contributed by atoms with E-state index < -0.39 is 0 Å². The van der Waals surface area contributed by atoms with Gasteiger partial charge in [0.05, 0.1) is 0 Å². The van der Waals surface area contributed by atoms with Crippen molar-refractivity contribution < 1.29 is 0 Å². The van der Waals surface area contributed by atoms with Crippen molar-refractivity contribution >= 4 is 0 Å². The Morgan fingerprint density at radius 3 is 2.63 bits per heavy atom. The maximum atomic E-state index is 4.16. The van der Waals surface area contributed by atoms with Crippen LogP contribution in [0.25, 0.3) is 0 Å². The Labute approximate surface area is 115 Å². The average molecular weight is 254 g/mol. The molecule has 0 spiro atoms. The first-order valence-corrected chi connectivity index (χ1v) is 6.93. The number of benzene rings is 1. The molecule has 0 aliphatic heterocycles. The first-order valence-electron chi connectivity index (χ1n) is 6.93. The normalized spacial score (nSPS) is 12.3. The van der Waals surface area contributed by atoms with Crippen molar-refractivity contribution in [2.45, 2.75) is 32.2 Å². The van der Waals surface area contributed by atoms with Crippen LogP contribution in [0.4, 0.5) is 0 Å². The van der Waals surface area contributed by atoms with E-state index in [1.165, 1.54) is 23.1 Å². The molecular weight excluding hydrogens is 232 g/mol. The molecule has 0 radical (unpaired) electrons. The lowest BCUT2D eigenvalue weighted by atomic mass is 9.97. The topological polar surface area (TPSA) is 24.9 Å². The van der Waals surface area contributed by atoms with Gasteiger partial charge in [-0.2, -0.15) is 0 Å². The van der Waals surface area contributed by atoms with E-state index in [1.807, 2.05) is 19.4 Å². The van der Waals surface area contributed by atoms with Crippen LogP contribution >= 0.6 is 0 Å². The third-order valence-electron chi connectivity index (χ3n) is 3.59. The van der Waals surface area contributed by atoms with Crippen molar-refractivity contribution in [2.24, 2.45) is 0 Å². The molecule has 0 saturated carbocycles. The Morgan fingerprint density at radius 1 is 1.16 bits per heavy atom. The monoisotopic (exact) mass is 254 g/mol. The predicted octanol–water partition coefficient (Wildman–Crippen LogP) is 3.67. The lowest BCUT2D eigenvalue weighted by molar-refractivity contribution is 0.524. The molecule has 0 bridgehead atoms. The zero-order valence-corrected chi connectivity index (χ0v) is 11.8. The maximum Gasteiger partial charge on any atom is 0.0321 e. The quantitative estimate of drug-likeness (QED) is 0.850. The Kier molecular flexibility index (Phi) is 5.10. The van der Waals surface area contributed by atoms with Crippen LogP contribution in [-0.4, -0.2) is 12.0 Å². The average Bonchev–Trinajstić information content (AvgIpc) is 2.46. The summed E-state index contributed by atoms with van der Waals surface area (Å²) in [6.45, 7) is 2.13. The van der Waals surface area contributed by atoms with E-state index in [0.717, 1.165) is 12.8 Å². The van der Waals surface area contributed by atoms with Gasteiger partial charge in [-0.3, -0.25) is 4.98 Å². The second-order valence-electron chi connectivity index (χ2n) is 4.95. The van der Waals surface area contributed by atoms with Gasteiger partial charge in [0, 0.05) is 18.4 Å². The van der Waals surface area contributed by atoms with Crippen molar-refractivity contribution in [3.05, 3.63) is 65.5 Å². The molecule has 1 heterocycles. The van der Waals surface area contributed by atoms with Gasteiger partial charge in [0.15, 0.2) is 0 Å². The van der Waals surface area contributed by atoms with Gasteiger partial charge >= 0.3 is 0 Å². The second-order valence-corrected chi connectivity index (χ2v) is 4.95. The number of nitrogens with one attached hydrogen (secondary N) is 1. The molecule has 2 nitrogen and oxygen atoms in total. The van der Waals surface area contributed by atoms with Gasteiger partial charge in [-0.1, -0.05) is 30.3 Å². The van der Waals surface area contributed by atoms with Gasteiger partial charge in [-0.05, 0) is 56.0 Å². The van der Waals surface area contributed by atoms with Crippen LogP contribution in [0.1, 0.15) is 35.6 Å². The van der Waals surface area contributed by atoms with Gasteiger partial charge in [0.1, 0.15) is 0 Å². The Bertz CT molecular complexity index is 494. The summed E-state index contributed by atoms with van der Waals surface area (Å²) in [6.07, 6.45) is 7.30. The Balaban J connectivity index is 1.92. The molecule has 19 heavy (non-hydrogen) atoms. The summed E-state index contributed by atoms with van der Waals surface area (Å²) in [5.41, 5.74) is 4.05. The van der Waals surface area contributed by atoms with Crippen LogP contribution in [0.5, 0.6) is 0 Å². The molecule has 1 atom stereocenters. The third kappa shape index (κ3) is 3.90. The third-order valence-corrected chi connectivity index (χ3v) is 3.59. The summed E-state index contributed by atoms with van der Waals surface area (Å²) >= 11 is 0. The summed E-state index contributed by atoms with van der Waals surface area (Å²) in [5, 5.41) is 3.42. The fraction of sp³-hybridized carbons (Fsp3) is 0.353. The fourth-order valence-corrected chi connectivity index (χ4v) is 2.49. The Morgan fingerprint density at radius 2 is 1.95 bits per heavy atom. The highest BCUT2D eigenvalue weighted by atomic mass is 14.9. The van der Waals surface area contributed by atoms with Crippen LogP contribution in [-0.2, 0) is 6.42 Å². The summed E-state index contributed by atoms with van der Waals surface area (Å²) in [6, 6.07) is 13.2. The molecular formula is C17H22N2. The SMILES string of the molecule is CNC(CCCc1ccccc1)c1ccncc1C. The minimum absolute atomic E-state index is 0.423. The van der Waals surface area contributed by atoms with Crippen molar-refractivity contribution in [1.82, 2.24) is 10.3 Å². The first-order chi connectivity index (χ1) is 9.31. The molecule has 2 rings (SSSR count). The molecule has 0 fully saturated rings. The lowest BCUT2D eigenvalue weighted by Gasteiger charge is -2.18. The summed E-state index contributed by atoms with van der Waals surface area (Å²) < 4.78 is 0. The number of aryl methyl sites for hydroxylation is 2. The summed E-state index contributed by atoms with van der Waals surface area (Å²) in [5.74, 6) is 0. The van der Waals surface area contributed by atoms with E-state index in [4.69, 9.17) is 0 Å². The van der Waals surface area contributed by atoms with E-state index in [0.29, 0.717) is 6.04 Å². The number of nitrogens with zero attached hydrogens (tertiary/aromatic N) is 1. The molecule has 0 amide bonds. The zero-order valence-electron chi connectivity index (χ0n) is 11.8. The molecule has 1 unspecified atom stereocenters. The highest BCUT2D eigenvalue weighted by Gasteiger charge is 2.11. The fourth-order valence-electron chi connectivity index (χ4n) is 2.49. The number of rotatable bonds is 6. The number of aromatic nitrogens is 1. The van der Waals surface area contributed by atoms with E-state index >= 15 is 0 Å². The van der Waals surface area contributed by atoms with Crippen LogP contribution in [0.2, 0.25) is 0 Å². The van der Waals surface area contributed by atoms with Crippen LogP contribution < -0.4 is 5.32 Å².